The lowest BCUT2D eigenvalue weighted by Gasteiger charge is -2.09. The van der Waals surface area contributed by atoms with Crippen LogP contribution in [0.5, 0.6) is 0 Å². The molecule has 0 N–H and O–H groups in total. The van der Waals surface area contributed by atoms with E-state index in [1.165, 1.54) is 38.6 Å². The van der Waals surface area contributed by atoms with Crippen molar-refractivity contribution in [3.63, 3.8) is 0 Å². The molecule has 1 aliphatic rings. The quantitative estimate of drug-likeness (QED) is 0.452. The van der Waals surface area contributed by atoms with Crippen LogP contribution in [0.3, 0.4) is 0 Å². The van der Waals surface area contributed by atoms with Gasteiger partial charge < -0.3 is 4.57 Å². The van der Waals surface area contributed by atoms with Crippen LogP contribution >= 0.6 is 0 Å². The number of nitrogens with zero attached hydrogens (tertiary/aromatic N) is 1. The van der Waals surface area contributed by atoms with Gasteiger partial charge in [-0.15, -0.1) is 0 Å². The normalized spacial score (nSPS) is 13.5. The first kappa shape index (κ1) is 11.8. The fraction of sp³-hybridized carbons (Fsp3) is 0.0476. The second-order valence-electron chi connectivity index (χ2n) is 5.85. The average Bonchev–Trinajstić information content (AvgIpc) is 3.37. The molecular formula is C21H15N. The Balaban J connectivity index is 1.89. The van der Waals surface area contributed by atoms with Crippen molar-refractivity contribution >= 4 is 27.4 Å². The van der Waals surface area contributed by atoms with Crippen LogP contribution < -0.4 is 0 Å². The summed E-state index contributed by atoms with van der Waals surface area (Å²) in [6.07, 6.45) is 3.42. The molecule has 0 saturated carbocycles. The Morgan fingerprint density at radius 1 is 0.682 bits per heavy atom. The highest BCUT2D eigenvalue weighted by atomic mass is 15.0. The molecule has 0 amide bonds. The summed E-state index contributed by atoms with van der Waals surface area (Å²) in [6, 6.07) is 26.2. The highest BCUT2D eigenvalue weighted by Crippen LogP contribution is 2.35. The summed E-state index contributed by atoms with van der Waals surface area (Å²) in [5, 5.41) is 2.63. The van der Waals surface area contributed by atoms with Crippen molar-refractivity contribution in [1.29, 1.82) is 0 Å². The molecule has 0 aliphatic heterocycles. The second-order valence-corrected chi connectivity index (χ2v) is 5.85. The number of hydrogen-bond acceptors (Lipinski definition) is 0. The van der Waals surface area contributed by atoms with Crippen LogP contribution in [0.2, 0.25) is 0 Å². The van der Waals surface area contributed by atoms with Crippen LogP contribution in [0.15, 0.2) is 78.9 Å². The monoisotopic (exact) mass is 281 g/mol. The fourth-order valence-corrected chi connectivity index (χ4v) is 3.33. The van der Waals surface area contributed by atoms with E-state index in [1.807, 2.05) is 0 Å². The summed E-state index contributed by atoms with van der Waals surface area (Å²) in [7, 11) is 0. The Kier molecular flexibility index (Phi) is 2.33. The smallest absolute Gasteiger partial charge is 0.0541 e. The zero-order chi connectivity index (χ0) is 14.5. The van der Waals surface area contributed by atoms with Crippen LogP contribution in [0.4, 0.5) is 0 Å². The number of benzene rings is 3. The Bertz CT molecular complexity index is 997. The molecule has 104 valence electrons. The SMILES string of the molecule is C1=C(c2cccc(-n3c4ccccc4c4ccccc43)c2)C1. The van der Waals surface area contributed by atoms with Crippen LogP contribution in [0.25, 0.3) is 33.1 Å². The van der Waals surface area contributed by atoms with Gasteiger partial charge in [0.1, 0.15) is 0 Å². The van der Waals surface area contributed by atoms with Crippen molar-refractivity contribution in [2.75, 3.05) is 0 Å². The van der Waals surface area contributed by atoms with Gasteiger partial charge in [-0.05, 0) is 41.8 Å². The molecule has 5 rings (SSSR count). The minimum atomic E-state index is 1.14. The van der Waals surface area contributed by atoms with E-state index in [9.17, 15) is 0 Å². The molecule has 0 unspecified atom stereocenters. The maximum atomic E-state index is 2.37. The molecular weight excluding hydrogens is 266 g/mol. The van der Waals surface area contributed by atoms with Crippen molar-refractivity contribution < 1.29 is 0 Å². The number of rotatable bonds is 2. The molecule has 22 heavy (non-hydrogen) atoms. The first-order chi connectivity index (χ1) is 10.9. The first-order valence-electron chi connectivity index (χ1n) is 7.70. The minimum Gasteiger partial charge on any atom is -0.309 e. The molecule has 1 heteroatoms. The number of para-hydroxylation sites is 2. The van der Waals surface area contributed by atoms with E-state index < -0.39 is 0 Å². The second kappa shape index (κ2) is 4.35. The first-order valence-corrected chi connectivity index (χ1v) is 7.70. The molecule has 0 fully saturated rings. The van der Waals surface area contributed by atoms with Gasteiger partial charge in [-0.2, -0.15) is 0 Å². The summed E-state index contributed by atoms with van der Waals surface area (Å²) in [5.74, 6) is 0. The molecule has 0 bridgehead atoms. The van der Waals surface area contributed by atoms with Gasteiger partial charge in [0.25, 0.3) is 0 Å². The maximum absolute atomic E-state index is 2.37. The summed E-state index contributed by atoms with van der Waals surface area (Å²) in [6.45, 7) is 0. The van der Waals surface area contributed by atoms with Crippen molar-refractivity contribution in [2.45, 2.75) is 6.42 Å². The third-order valence-corrected chi connectivity index (χ3v) is 4.46. The molecule has 4 aromatic rings. The van der Waals surface area contributed by atoms with Gasteiger partial charge in [0.15, 0.2) is 0 Å². The molecule has 1 heterocycles. The molecule has 1 aromatic heterocycles. The molecule has 0 saturated heterocycles. The van der Waals surface area contributed by atoms with Gasteiger partial charge in [-0.3, -0.25) is 0 Å². The zero-order valence-electron chi connectivity index (χ0n) is 12.2. The van der Waals surface area contributed by atoms with Crippen LogP contribution in [-0.4, -0.2) is 4.57 Å². The highest BCUT2D eigenvalue weighted by Gasteiger charge is 2.14. The van der Waals surface area contributed by atoms with Gasteiger partial charge in [-0.25, -0.2) is 0 Å². The van der Waals surface area contributed by atoms with Gasteiger partial charge in [0.2, 0.25) is 0 Å². The van der Waals surface area contributed by atoms with Gasteiger partial charge in [-0.1, -0.05) is 54.6 Å². The standard InChI is InChI=1S/C21H15N/c1-3-10-20-18(8-1)19-9-2-4-11-21(19)22(20)17-7-5-6-16(14-17)15-12-13-15/h1-12,14H,13H2. The lowest BCUT2D eigenvalue weighted by atomic mass is 10.1. The lowest BCUT2D eigenvalue weighted by molar-refractivity contribution is 1.18. The third-order valence-electron chi connectivity index (χ3n) is 4.46. The number of allylic oxidation sites excluding steroid dienone is 2. The van der Waals surface area contributed by atoms with E-state index >= 15 is 0 Å². The molecule has 1 aliphatic carbocycles. The largest absolute Gasteiger partial charge is 0.309 e. The van der Waals surface area contributed by atoms with Crippen molar-refractivity contribution in [1.82, 2.24) is 4.57 Å². The molecule has 1 nitrogen and oxygen atoms in total. The van der Waals surface area contributed by atoms with Crippen molar-refractivity contribution in [2.24, 2.45) is 0 Å². The van der Waals surface area contributed by atoms with Crippen LogP contribution in [0, 0.1) is 0 Å². The summed E-state index contributed by atoms with van der Waals surface area (Å²) in [4.78, 5) is 0. The van der Waals surface area contributed by atoms with Crippen molar-refractivity contribution in [3.05, 3.63) is 84.4 Å². The fourth-order valence-electron chi connectivity index (χ4n) is 3.33. The maximum Gasteiger partial charge on any atom is 0.0541 e. The Morgan fingerprint density at radius 3 is 1.95 bits per heavy atom. The minimum absolute atomic E-state index is 1.14. The Labute approximate surface area is 129 Å². The van der Waals surface area contributed by atoms with E-state index in [0.29, 0.717) is 0 Å². The number of aromatic nitrogens is 1. The van der Waals surface area contributed by atoms with E-state index in [1.54, 1.807) is 0 Å². The Hall–Kier alpha value is -2.80. The van der Waals surface area contributed by atoms with Gasteiger partial charge in [0.05, 0.1) is 11.0 Å². The zero-order valence-corrected chi connectivity index (χ0v) is 12.2. The molecule has 3 aromatic carbocycles. The number of fused-ring (bicyclic) bond motifs is 3. The van der Waals surface area contributed by atoms with Crippen LogP contribution in [0.1, 0.15) is 12.0 Å². The predicted octanol–water partition coefficient (Wildman–Crippen LogP) is 5.57. The number of hydrogen-bond donors (Lipinski definition) is 0. The summed E-state index contributed by atoms with van der Waals surface area (Å²) >= 11 is 0. The predicted molar refractivity (Wildman–Crippen MR) is 93.4 cm³/mol. The van der Waals surface area contributed by atoms with E-state index in [-0.39, 0.29) is 0 Å². The van der Waals surface area contributed by atoms with Crippen LogP contribution in [-0.2, 0) is 0 Å². The summed E-state index contributed by atoms with van der Waals surface area (Å²) < 4.78 is 2.37. The van der Waals surface area contributed by atoms with Gasteiger partial charge in [0, 0.05) is 16.5 Å². The van der Waals surface area contributed by atoms with E-state index in [4.69, 9.17) is 0 Å². The van der Waals surface area contributed by atoms with E-state index in [0.717, 1.165) is 6.42 Å². The van der Waals surface area contributed by atoms with Gasteiger partial charge >= 0.3 is 0 Å². The molecule has 0 atom stereocenters. The molecule has 0 spiro atoms. The Morgan fingerprint density at radius 2 is 1.32 bits per heavy atom. The lowest BCUT2D eigenvalue weighted by Crippen LogP contribution is -1.94. The van der Waals surface area contributed by atoms with Crippen molar-refractivity contribution in [3.8, 4) is 5.69 Å². The summed E-state index contributed by atoms with van der Waals surface area (Å²) in [5.41, 5.74) is 6.58. The average molecular weight is 281 g/mol. The third kappa shape index (κ3) is 1.66. The molecule has 0 radical (unpaired) electrons. The van der Waals surface area contributed by atoms with E-state index in [2.05, 4.69) is 83.4 Å². The topological polar surface area (TPSA) is 4.93 Å². The highest BCUT2D eigenvalue weighted by molar-refractivity contribution is 6.09.